The maximum atomic E-state index is 14.2. The Hall–Kier alpha value is -17.0. The lowest BCUT2D eigenvalue weighted by Crippen LogP contribution is -2.35. The summed E-state index contributed by atoms with van der Waals surface area (Å²) in [5.74, 6) is -1.08. The van der Waals surface area contributed by atoms with Crippen LogP contribution in [0.2, 0.25) is 0 Å². The van der Waals surface area contributed by atoms with Crippen LogP contribution in [0.4, 0.5) is 27.6 Å². The Bertz CT molecular complexity index is 8150. The molecule has 4 N–H and O–H groups in total. The highest BCUT2D eigenvalue weighted by atomic mass is 19.1. The number of aliphatic hydroxyl groups excluding tert-OH is 1. The van der Waals surface area contributed by atoms with Gasteiger partial charge in [0.1, 0.15) is 63.5 Å². The summed E-state index contributed by atoms with van der Waals surface area (Å²) in [6.07, 6.45) is 31.8. The van der Waals surface area contributed by atoms with Crippen LogP contribution in [0.25, 0.3) is 151 Å². The van der Waals surface area contributed by atoms with Crippen molar-refractivity contribution in [1.82, 2.24) is 77.9 Å². The summed E-state index contributed by atoms with van der Waals surface area (Å²) in [6, 6.07) is 64.6. The first-order valence-electron chi connectivity index (χ1n) is 45.2. The van der Waals surface area contributed by atoms with Crippen LogP contribution in [-0.4, -0.2) is 121 Å². The first kappa shape index (κ1) is 91.1. The van der Waals surface area contributed by atoms with Gasteiger partial charge >= 0.3 is 0 Å². The number of benzene rings is 7. The van der Waals surface area contributed by atoms with Gasteiger partial charge in [-0.05, 0) is 290 Å². The number of nitriles is 1. The number of halogens is 5. The molecule has 686 valence electrons. The molecule has 139 heavy (non-hydrogen) atoms. The van der Waals surface area contributed by atoms with E-state index < -0.39 is 5.91 Å². The van der Waals surface area contributed by atoms with Gasteiger partial charge in [-0.15, -0.1) is 0 Å². The molecule has 23 nitrogen and oxygen atoms in total. The van der Waals surface area contributed by atoms with Gasteiger partial charge in [0, 0.05) is 179 Å². The van der Waals surface area contributed by atoms with E-state index in [0.717, 1.165) is 215 Å². The largest absolute Gasteiger partial charge is 0.392 e. The van der Waals surface area contributed by atoms with E-state index in [4.69, 9.17) is 15.5 Å². The molecule has 1 aliphatic heterocycles. The topological polar surface area (TPSA) is 297 Å². The Labute approximate surface area is 795 Å². The number of amides is 2. The number of primary amides is 1. The molecule has 14 heterocycles. The number of carbonyl (C=O) groups excluding carboxylic acids is 2. The third-order valence-corrected chi connectivity index (χ3v) is 24.5. The van der Waals surface area contributed by atoms with E-state index in [0.29, 0.717) is 62.5 Å². The molecule has 1 saturated heterocycles. The van der Waals surface area contributed by atoms with Gasteiger partial charge in [-0.3, -0.25) is 68.1 Å². The van der Waals surface area contributed by atoms with E-state index in [2.05, 4.69) is 77.2 Å². The summed E-state index contributed by atoms with van der Waals surface area (Å²) in [5, 5.41) is 21.6. The Morgan fingerprint density at radius 3 is 1.35 bits per heavy atom. The molecule has 7 aromatic carbocycles. The zero-order chi connectivity index (χ0) is 95.9. The number of aryl methyl sites for hydroxylation is 3. The quantitative estimate of drug-likeness (QED) is 0.0714. The van der Waals surface area contributed by atoms with Crippen LogP contribution in [0.15, 0.2) is 305 Å². The normalized spacial score (nSPS) is 12.9. The number of aromatic nitrogens is 15. The Morgan fingerprint density at radius 1 is 0.417 bits per heavy atom. The maximum absolute atomic E-state index is 14.2. The number of hydrogen-bond acceptors (Lipinski definition) is 18. The number of imidazole rings is 3. The molecule has 23 rings (SSSR count). The fourth-order valence-electron chi connectivity index (χ4n) is 17.1. The molecule has 28 heteroatoms. The number of morpholine rings is 1. The van der Waals surface area contributed by atoms with E-state index in [1.54, 1.807) is 134 Å². The van der Waals surface area contributed by atoms with Gasteiger partial charge in [-0.25, -0.2) is 36.9 Å². The fraction of sp³-hybridized carbons (Fsp3) is 0.144. The van der Waals surface area contributed by atoms with E-state index in [1.807, 2.05) is 163 Å². The predicted octanol–water partition coefficient (Wildman–Crippen LogP) is 22.5. The van der Waals surface area contributed by atoms with Crippen molar-refractivity contribution in [2.45, 2.75) is 78.4 Å². The number of rotatable bonds is 17. The van der Waals surface area contributed by atoms with Crippen molar-refractivity contribution in [1.29, 1.82) is 5.26 Å². The number of fused-ring (bicyclic) bond motifs is 5. The van der Waals surface area contributed by atoms with Crippen LogP contribution >= 0.6 is 0 Å². The van der Waals surface area contributed by atoms with Crippen molar-refractivity contribution < 1.29 is 41.4 Å². The smallest absolute Gasteiger partial charge is 0.267 e. The van der Waals surface area contributed by atoms with E-state index >= 15 is 0 Å². The summed E-state index contributed by atoms with van der Waals surface area (Å²) in [6.45, 7) is 10.8. The van der Waals surface area contributed by atoms with Crippen LogP contribution in [0, 0.1) is 61.2 Å². The third-order valence-electron chi connectivity index (χ3n) is 24.5. The average Bonchev–Trinajstić information content (AvgIpc) is 1.76. The summed E-state index contributed by atoms with van der Waals surface area (Å²) < 4.78 is 80.4. The van der Waals surface area contributed by atoms with E-state index in [-0.39, 0.29) is 41.6 Å². The number of hydrogen-bond donors (Lipinski definition) is 3. The standard InChI is InChI=1S/C25H23FN4O.C22H17FN4O.C22H15FN4.C21H17FN4O.C21H16FN3O/c1-17-12-20(2-4-22(17)26)25-21(19-3-5-23-24(14-19)28-7-6-27-23)13-18(15-29-25)16-30-8-10-31-11-9-30;23-18-7-5-14(10-17(18)13-3-4-13)21-16(2-1-9-25-21)15-6-8-20-26-11-19(22(24)28)27(20)12-15;23-20-7-5-15(10-19(20)14-3-4-14)22-18(2-1-9-25-22)16-6-8-21-26-12-17(11-24)27(21)13-16;1-13-9-15(3-5-19(13)22)21-18(10-17(11-24-21)25-14(2)27)16-4-6-20-23-7-8-26(20)12-16;1-13-8-16(2-4-18(13)22)21-17(9-14(12-26)11-25-21)15-3-5-19-20(10-15)24-7-6-23-19/h2-7,12-15H,8-11,16H2,1H3;1-2,5-13H,3-4H2,(H2,24,28);1-2,5-10,12-14H,3-4H2;3-12H,1-2H3,(H,25,27);2-11,26H,12H2,1H3. The van der Waals surface area contributed by atoms with Gasteiger partial charge in [0.05, 0.1) is 94.6 Å². The molecule has 2 saturated carbocycles. The lowest BCUT2D eigenvalue weighted by atomic mass is 9.96. The summed E-state index contributed by atoms with van der Waals surface area (Å²) >= 11 is 0. The summed E-state index contributed by atoms with van der Waals surface area (Å²) in [7, 11) is 0. The minimum Gasteiger partial charge on any atom is -0.392 e. The van der Waals surface area contributed by atoms with Crippen molar-refractivity contribution >= 4 is 56.5 Å². The molecule has 0 unspecified atom stereocenters. The van der Waals surface area contributed by atoms with Gasteiger partial charge in [0.2, 0.25) is 5.91 Å². The van der Waals surface area contributed by atoms with Gasteiger partial charge in [-0.1, -0.05) is 24.3 Å². The van der Waals surface area contributed by atoms with Crippen molar-refractivity contribution in [3.8, 4) is 118 Å². The zero-order valence-corrected chi connectivity index (χ0v) is 75.8. The van der Waals surface area contributed by atoms with Crippen LogP contribution in [0.5, 0.6) is 0 Å². The van der Waals surface area contributed by atoms with Crippen LogP contribution in [-0.2, 0) is 22.7 Å². The summed E-state index contributed by atoms with van der Waals surface area (Å²) in [5.41, 5.74) is 34.7. The summed E-state index contributed by atoms with van der Waals surface area (Å²) in [4.78, 5) is 78.7. The van der Waals surface area contributed by atoms with Crippen LogP contribution in [0.3, 0.4) is 0 Å². The second-order valence-electron chi connectivity index (χ2n) is 34.2. The highest BCUT2D eigenvalue weighted by Crippen LogP contribution is 2.46. The molecule has 3 aliphatic rings. The molecule has 2 amide bonds. The van der Waals surface area contributed by atoms with Crippen LogP contribution in [0.1, 0.15) is 99.6 Å². The number of ether oxygens (including phenoxy) is 1. The Balaban J connectivity index is 0.000000111. The molecule has 0 radical (unpaired) electrons. The molecular formula is C111H88F5N19O4. The molecular weight excluding hydrogens is 1760 g/mol. The van der Waals surface area contributed by atoms with Crippen molar-refractivity contribution in [2.24, 2.45) is 5.73 Å². The van der Waals surface area contributed by atoms with Crippen molar-refractivity contribution in [2.75, 3.05) is 31.6 Å². The molecule has 20 aromatic rings. The zero-order valence-electron chi connectivity index (χ0n) is 75.8. The first-order chi connectivity index (χ1) is 67.7. The minimum absolute atomic E-state index is 0.101. The highest BCUT2D eigenvalue weighted by molar-refractivity contribution is 5.94. The third kappa shape index (κ3) is 20.4. The van der Waals surface area contributed by atoms with E-state index in [9.17, 15) is 41.9 Å². The van der Waals surface area contributed by atoms with Crippen LogP contribution < -0.4 is 11.1 Å². The highest BCUT2D eigenvalue weighted by Gasteiger charge is 2.30. The molecule has 3 fully saturated rings. The number of aliphatic hydroxyl groups is 1. The molecule has 0 bridgehead atoms. The fourth-order valence-corrected chi connectivity index (χ4v) is 17.1. The van der Waals surface area contributed by atoms with Crippen molar-refractivity contribution in [3.05, 3.63) is 385 Å². The van der Waals surface area contributed by atoms with Crippen molar-refractivity contribution in [3.63, 3.8) is 0 Å². The van der Waals surface area contributed by atoms with Gasteiger partial charge in [-0.2, -0.15) is 5.26 Å². The van der Waals surface area contributed by atoms with Gasteiger partial charge in [0.25, 0.3) is 5.91 Å². The Morgan fingerprint density at radius 2 is 0.849 bits per heavy atom. The average molecular weight is 1850 g/mol. The Kier molecular flexibility index (Phi) is 26.4. The SMILES string of the molecule is CC(=O)Nc1cnc(-c2ccc(F)c(C)c2)c(-c2ccc3nccn3c2)c1.Cc1cc(-c2ncc(CN3CCOCC3)cc2-c2ccc3nccnc3c2)ccc1F.Cc1cc(-c2ncc(CO)cc2-c2ccc3nccnc3c2)ccc1F.N#Cc1cnc2ccc(-c3cccnc3-c3ccc(F)c(C4CC4)c3)cn12.NC(=O)c1cnc2ccc(-c3cccnc3-c3ccc(F)c(C4CC4)c3)cn12. The second kappa shape index (κ2) is 40.3. The maximum Gasteiger partial charge on any atom is 0.267 e. The number of anilines is 1. The number of pyridine rings is 8. The minimum atomic E-state index is -0.538. The monoisotopic (exact) mass is 1850 g/mol. The molecule has 0 spiro atoms. The molecule has 2 aliphatic carbocycles. The van der Waals surface area contributed by atoms with Gasteiger partial charge < -0.3 is 25.3 Å². The number of carbonyl (C=O) groups is 2. The lowest BCUT2D eigenvalue weighted by molar-refractivity contribution is -0.114. The molecule has 0 atom stereocenters. The molecule has 13 aromatic heterocycles. The number of nitrogens with two attached hydrogens (primary N) is 1. The van der Waals surface area contributed by atoms with Gasteiger partial charge in [0.15, 0.2) is 0 Å². The van der Waals surface area contributed by atoms with E-state index in [1.165, 1.54) is 43.5 Å². The predicted molar refractivity (Wildman–Crippen MR) is 525 cm³/mol. The lowest BCUT2D eigenvalue weighted by Gasteiger charge is -2.26. The second-order valence-corrected chi connectivity index (χ2v) is 34.2. The number of nitrogens with zero attached hydrogens (tertiary/aromatic N) is 17. The number of nitrogens with one attached hydrogen (secondary N) is 1. The first-order valence-corrected chi connectivity index (χ1v) is 45.2.